The van der Waals surface area contributed by atoms with Crippen molar-refractivity contribution in [2.45, 2.75) is 6.42 Å². The van der Waals surface area contributed by atoms with Gasteiger partial charge < -0.3 is 16.9 Å². The van der Waals surface area contributed by atoms with Gasteiger partial charge >= 0.3 is 0 Å². The minimum Gasteiger partial charge on any atom is -0.387 e. The summed E-state index contributed by atoms with van der Waals surface area (Å²) in [4.78, 5) is 3.72. The molecule has 5 N–H and O–H groups in total. The molecule has 10 heavy (non-hydrogen) atoms. The molecule has 0 atom stereocenters. The zero-order valence-corrected chi connectivity index (χ0v) is 6.26. The number of hydrogen-bond donors (Lipinski definition) is 3. The number of hydrogen-bond acceptors (Lipinski definition) is 3. The Balaban J connectivity index is 3.79. The van der Waals surface area contributed by atoms with Crippen molar-refractivity contribution in [2.75, 3.05) is 14.1 Å². The monoisotopic (exact) mass is 143 g/mol. The quantitative estimate of drug-likeness (QED) is 0.265. The fraction of sp³-hybridized carbons (Fsp3) is 0.600. The van der Waals surface area contributed by atoms with E-state index in [-0.39, 0.29) is 0 Å². The molecule has 0 bridgehead atoms. The highest BCUT2D eigenvalue weighted by atomic mass is 15.3. The number of amidine groups is 2. The molecule has 0 spiro atoms. The topological polar surface area (TPSA) is 88.8 Å². The van der Waals surface area contributed by atoms with Crippen LogP contribution in [0.3, 0.4) is 0 Å². The van der Waals surface area contributed by atoms with Crippen molar-refractivity contribution in [3.63, 3.8) is 0 Å². The largest absolute Gasteiger partial charge is 0.387 e. The van der Waals surface area contributed by atoms with Crippen LogP contribution in [-0.2, 0) is 0 Å². The van der Waals surface area contributed by atoms with Gasteiger partial charge in [-0.25, -0.2) is 0 Å². The Labute approximate surface area is 60.2 Å². The predicted octanol–water partition coefficient (Wildman–Crippen LogP) is -1.14. The van der Waals surface area contributed by atoms with Crippen molar-refractivity contribution in [3.8, 4) is 0 Å². The van der Waals surface area contributed by atoms with Gasteiger partial charge in [0.15, 0.2) is 0 Å². The van der Waals surface area contributed by atoms with Crippen LogP contribution in [-0.4, -0.2) is 25.8 Å². The van der Waals surface area contributed by atoms with Crippen LogP contribution in [0.4, 0.5) is 0 Å². The van der Waals surface area contributed by atoms with E-state index < -0.39 is 0 Å². The summed E-state index contributed by atoms with van der Waals surface area (Å²) in [5.74, 6) is 0.919. The molecule has 0 saturated heterocycles. The summed E-state index contributed by atoms with van der Waals surface area (Å²) in [6, 6.07) is 0. The SMILES string of the molecule is CN=C(N)CC(N)=NNC. The Bertz CT molecular complexity index is 148. The molecule has 0 amide bonds. The zero-order valence-electron chi connectivity index (χ0n) is 6.26. The maximum atomic E-state index is 5.39. The van der Waals surface area contributed by atoms with Gasteiger partial charge in [0.05, 0.1) is 6.42 Å². The third-order valence-electron chi connectivity index (χ3n) is 0.905. The second-order valence-corrected chi connectivity index (χ2v) is 1.72. The van der Waals surface area contributed by atoms with E-state index in [4.69, 9.17) is 11.5 Å². The molecule has 58 valence electrons. The molecule has 0 aromatic rings. The molecule has 0 rings (SSSR count). The maximum Gasteiger partial charge on any atom is 0.127 e. The van der Waals surface area contributed by atoms with Crippen molar-refractivity contribution in [2.24, 2.45) is 21.6 Å². The first-order valence-electron chi connectivity index (χ1n) is 2.90. The van der Waals surface area contributed by atoms with Crippen LogP contribution >= 0.6 is 0 Å². The summed E-state index contributed by atoms with van der Waals surface area (Å²) in [6.45, 7) is 0. The molecule has 0 aromatic carbocycles. The highest BCUT2D eigenvalue weighted by Crippen LogP contribution is 1.78. The van der Waals surface area contributed by atoms with E-state index in [1.54, 1.807) is 14.1 Å². The average Bonchev–Trinajstić information content (AvgIpc) is 1.88. The van der Waals surface area contributed by atoms with Crippen LogP contribution in [0.2, 0.25) is 0 Å². The van der Waals surface area contributed by atoms with Gasteiger partial charge in [0.2, 0.25) is 0 Å². The number of rotatable bonds is 3. The molecule has 0 unspecified atom stereocenters. The number of aliphatic imine (C=N–C) groups is 1. The van der Waals surface area contributed by atoms with Crippen molar-refractivity contribution in [1.82, 2.24) is 5.43 Å². The Morgan fingerprint density at radius 3 is 2.40 bits per heavy atom. The minimum atomic E-state index is 0.414. The van der Waals surface area contributed by atoms with Crippen LogP contribution in [0.5, 0.6) is 0 Å². The van der Waals surface area contributed by atoms with E-state index in [9.17, 15) is 0 Å². The van der Waals surface area contributed by atoms with E-state index >= 15 is 0 Å². The number of nitrogens with zero attached hydrogens (tertiary/aromatic N) is 2. The first-order chi connectivity index (χ1) is 4.70. The summed E-state index contributed by atoms with van der Waals surface area (Å²) in [6.07, 6.45) is 0.414. The van der Waals surface area contributed by atoms with Crippen LogP contribution in [0.15, 0.2) is 10.1 Å². The smallest absolute Gasteiger partial charge is 0.127 e. The molecule has 0 heterocycles. The summed E-state index contributed by atoms with van der Waals surface area (Å²) >= 11 is 0. The average molecular weight is 143 g/mol. The van der Waals surface area contributed by atoms with E-state index in [1.165, 1.54) is 0 Å². The molecule has 0 radical (unpaired) electrons. The molecule has 0 fully saturated rings. The second-order valence-electron chi connectivity index (χ2n) is 1.72. The molecule has 0 saturated carbocycles. The summed E-state index contributed by atoms with van der Waals surface area (Å²) < 4.78 is 0. The molecular formula is C5H13N5. The van der Waals surface area contributed by atoms with E-state index in [2.05, 4.69) is 15.5 Å². The lowest BCUT2D eigenvalue weighted by Gasteiger charge is -1.97. The number of hydrazone groups is 1. The summed E-state index contributed by atoms with van der Waals surface area (Å²) in [7, 11) is 3.29. The van der Waals surface area contributed by atoms with Crippen LogP contribution in [0.1, 0.15) is 6.42 Å². The number of nitrogens with two attached hydrogens (primary N) is 2. The standard InChI is InChI=1S/C5H13N5/c1-8-4(6)3-5(7)10-9-2/h9H,3H2,1-2H3,(H2,6,8)(H2,7,10). The Morgan fingerprint density at radius 2 is 2.00 bits per heavy atom. The normalized spacial score (nSPS) is 13.4. The first kappa shape index (κ1) is 8.74. The lowest BCUT2D eigenvalue weighted by Crippen LogP contribution is -2.24. The molecule has 0 aliphatic carbocycles. The van der Waals surface area contributed by atoms with Crippen molar-refractivity contribution in [3.05, 3.63) is 0 Å². The van der Waals surface area contributed by atoms with Gasteiger partial charge in [-0.3, -0.25) is 4.99 Å². The maximum absolute atomic E-state index is 5.39. The summed E-state index contributed by atoms with van der Waals surface area (Å²) in [5.41, 5.74) is 13.3. The van der Waals surface area contributed by atoms with Crippen molar-refractivity contribution >= 4 is 11.7 Å². The Kier molecular flexibility index (Phi) is 4.02. The highest BCUT2D eigenvalue weighted by Gasteiger charge is 1.94. The molecule has 0 aromatic heterocycles. The molecule has 5 nitrogen and oxygen atoms in total. The first-order valence-corrected chi connectivity index (χ1v) is 2.90. The van der Waals surface area contributed by atoms with Gasteiger partial charge in [-0.15, -0.1) is 0 Å². The fourth-order valence-electron chi connectivity index (χ4n) is 0.448. The predicted molar refractivity (Wildman–Crippen MR) is 42.8 cm³/mol. The highest BCUT2D eigenvalue weighted by molar-refractivity contribution is 6.00. The second kappa shape index (κ2) is 4.60. The zero-order chi connectivity index (χ0) is 7.98. The lowest BCUT2D eigenvalue weighted by molar-refractivity contribution is 0.892. The molecule has 5 heteroatoms. The third kappa shape index (κ3) is 3.71. The van der Waals surface area contributed by atoms with Gasteiger partial charge in [0, 0.05) is 14.1 Å². The fourth-order valence-corrected chi connectivity index (χ4v) is 0.448. The van der Waals surface area contributed by atoms with Crippen LogP contribution in [0, 0.1) is 0 Å². The molecule has 0 aliphatic rings. The van der Waals surface area contributed by atoms with Gasteiger partial charge in [-0.1, -0.05) is 0 Å². The van der Waals surface area contributed by atoms with E-state index in [1.807, 2.05) is 0 Å². The molecular weight excluding hydrogens is 130 g/mol. The van der Waals surface area contributed by atoms with E-state index in [0.717, 1.165) is 0 Å². The van der Waals surface area contributed by atoms with Crippen molar-refractivity contribution in [1.29, 1.82) is 0 Å². The van der Waals surface area contributed by atoms with E-state index in [0.29, 0.717) is 18.1 Å². The van der Waals surface area contributed by atoms with Gasteiger partial charge in [-0.2, -0.15) is 5.10 Å². The minimum absolute atomic E-state index is 0.414. The van der Waals surface area contributed by atoms with Crippen molar-refractivity contribution < 1.29 is 0 Å². The van der Waals surface area contributed by atoms with Crippen LogP contribution < -0.4 is 16.9 Å². The van der Waals surface area contributed by atoms with Gasteiger partial charge in [0.1, 0.15) is 11.7 Å². The Morgan fingerprint density at radius 1 is 1.40 bits per heavy atom. The van der Waals surface area contributed by atoms with Gasteiger partial charge in [-0.05, 0) is 0 Å². The molecule has 0 aliphatic heterocycles. The Hall–Kier alpha value is -1.26. The van der Waals surface area contributed by atoms with Gasteiger partial charge in [0.25, 0.3) is 0 Å². The lowest BCUT2D eigenvalue weighted by atomic mass is 10.4. The third-order valence-corrected chi connectivity index (χ3v) is 0.905. The number of nitrogens with one attached hydrogen (secondary N) is 1. The van der Waals surface area contributed by atoms with Crippen LogP contribution in [0.25, 0.3) is 0 Å². The summed E-state index contributed by atoms with van der Waals surface area (Å²) in [5, 5.41) is 3.70.